The number of thiocarbonyl (C=S) groups is 1. The number of rotatable bonds is 4. The van der Waals surface area contributed by atoms with Crippen LogP contribution in [-0.2, 0) is 4.79 Å². The Kier molecular flexibility index (Phi) is 6.18. The van der Waals surface area contributed by atoms with Crippen molar-refractivity contribution in [2.24, 2.45) is 0 Å². The number of hydrogen-bond donors (Lipinski definition) is 1. The first-order valence-corrected chi connectivity index (χ1v) is 11.4. The summed E-state index contributed by atoms with van der Waals surface area (Å²) in [5.74, 6) is -1.22. The fourth-order valence-electron chi connectivity index (χ4n) is 3.56. The third kappa shape index (κ3) is 4.09. The SMILES string of the molecule is Cc1cc(/C=C2\SC(=S)N(c3ccc(Cl)cc3Cl)C2=O)c(C)n1-c1ccc(C(=O)O)cc1. The van der Waals surface area contributed by atoms with Gasteiger partial charge in [0.15, 0.2) is 4.32 Å². The van der Waals surface area contributed by atoms with Gasteiger partial charge in [-0.2, -0.15) is 0 Å². The molecule has 2 heterocycles. The van der Waals surface area contributed by atoms with Gasteiger partial charge in [0.1, 0.15) is 0 Å². The van der Waals surface area contributed by atoms with Gasteiger partial charge in [0.2, 0.25) is 0 Å². The molecule has 32 heavy (non-hydrogen) atoms. The number of benzene rings is 2. The summed E-state index contributed by atoms with van der Waals surface area (Å²) < 4.78 is 2.40. The summed E-state index contributed by atoms with van der Waals surface area (Å²) in [6, 6.07) is 13.5. The van der Waals surface area contributed by atoms with Crippen LogP contribution in [0.25, 0.3) is 11.8 Å². The summed E-state index contributed by atoms with van der Waals surface area (Å²) in [6.07, 6.45) is 1.81. The minimum Gasteiger partial charge on any atom is -0.478 e. The highest BCUT2D eigenvalue weighted by molar-refractivity contribution is 8.27. The van der Waals surface area contributed by atoms with Crippen molar-refractivity contribution >= 4 is 75.1 Å². The van der Waals surface area contributed by atoms with E-state index >= 15 is 0 Å². The number of nitrogens with zero attached hydrogens (tertiary/aromatic N) is 2. The number of aromatic carboxylic acids is 1. The quantitative estimate of drug-likeness (QED) is 0.325. The Morgan fingerprint density at radius 3 is 2.41 bits per heavy atom. The number of amides is 1. The molecule has 0 unspecified atom stereocenters. The monoisotopic (exact) mass is 502 g/mol. The summed E-state index contributed by atoms with van der Waals surface area (Å²) in [5, 5.41) is 9.94. The molecule has 1 N–H and O–H groups in total. The number of hydrogen-bond acceptors (Lipinski definition) is 4. The predicted octanol–water partition coefficient (Wildman–Crippen LogP) is 6.50. The maximum Gasteiger partial charge on any atom is 0.335 e. The molecule has 0 saturated carbocycles. The van der Waals surface area contributed by atoms with Crippen LogP contribution in [-0.4, -0.2) is 25.9 Å². The maximum atomic E-state index is 13.1. The molecule has 0 radical (unpaired) electrons. The highest BCUT2D eigenvalue weighted by Crippen LogP contribution is 2.40. The number of aryl methyl sites for hydroxylation is 1. The molecule has 1 aliphatic heterocycles. The van der Waals surface area contributed by atoms with Crippen LogP contribution in [0.5, 0.6) is 0 Å². The Morgan fingerprint density at radius 1 is 1.09 bits per heavy atom. The average Bonchev–Trinajstić information content (AvgIpc) is 3.17. The second kappa shape index (κ2) is 8.75. The van der Waals surface area contributed by atoms with Crippen molar-refractivity contribution in [2.45, 2.75) is 13.8 Å². The van der Waals surface area contributed by atoms with E-state index in [9.17, 15) is 9.59 Å². The normalized spacial score (nSPS) is 15.1. The highest BCUT2D eigenvalue weighted by Gasteiger charge is 2.34. The summed E-state index contributed by atoms with van der Waals surface area (Å²) in [4.78, 5) is 26.2. The number of carboxylic acid groups (broad SMARTS) is 1. The van der Waals surface area contributed by atoms with E-state index in [4.69, 9.17) is 40.5 Å². The van der Waals surface area contributed by atoms with Crippen LogP contribution in [0.15, 0.2) is 53.4 Å². The molecule has 162 valence electrons. The topological polar surface area (TPSA) is 62.5 Å². The van der Waals surface area contributed by atoms with Crippen LogP contribution in [0.4, 0.5) is 5.69 Å². The number of anilines is 1. The molecule has 4 rings (SSSR count). The Balaban J connectivity index is 1.69. The van der Waals surface area contributed by atoms with E-state index in [1.54, 1.807) is 42.5 Å². The summed E-state index contributed by atoms with van der Waals surface area (Å²) in [5.41, 5.74) is 4.29. The Hall–Kier alpha value is -2.58. The van der Waals surface area contributed by atoms with E-state index in [0.29, 0.717) is 25.0 Å². The van der Waals surface area contributed by atoms with Crippen molar-refractivity contribution in [3.63, 3.8) is 0 Å². The van der Waals surface area contributed by atoms with Gasteiger partial charge < -0.3 is 9.67 Å². The van der Waals surface area contributed by atoms with Gasteiger partial charge in [-0.1, -0.05) is 47.2 Å². The first kappa shape index (κ1) is 22.6. The standard InChI is InChI=1S/C23H16Cl2N2O3S2/c1-12-9-15(13(2)26(12)17-6-3-14(4-7-17)22(29)30)10-20-21(28)27(23(31)32-20)19-8-5-16(24)11-18(19)25/h3-11H,1-2H3,(H,29,30)/b20-10-. The molecule has 1 aromatic heterocycles. The van der Waals surface area contributed by atoms with Crippen molar-refractivity contribution in [3.05, 3.63) is 86.0 Å². The molecule has 0 aliphatic carbocycles. The minimum absolute atomic E-state index is 0.223. The van der Waals surface area contributed by atoms with Gasteiger partial charge >= 0.3 is 5.97 Å². The van der Waals surface area contributed by atoms with E-state index in [0.717, 1.165) is 22.6 Å². The Morgan fingerprint density at radius 2 is 1.78 bits per heavy atom. The van der Waals surface area contributed by atoms with Crippen LogP contribution in [0.3, 0.4) is 0 Å². The van der Waals surface area contributed by atoms with Crippen molar-refractivity contribution in [1.82, 2.24) is 4.57 Å². The average molecular weight is 503 g/mol. The number of halogens is 2. The number of aromatic nitrogens is 1. The lowest BCUT2D eigenvalue weighted by atomic mass is 10.2. The summed E-state index contributed by atoms with van der Waals surface area (Å²) in [7, 11) is 0. The first-order valence-electron chi connectivity index (χ1n) is 9.43. The lowest BCUT2D eigenvalue weighted by Gasteiger charge is -2.16. The van der Waals surface area contributed by atoms with Gasteiger partial charge in [-0.15, -0.1) is 0 Å². The maximum absolute atomic E-state index is 13.1. The molecule has 1 amide bonds. The second-order valence-corrected chi connectivity index (χ2v) is 9.65. The molecule has 5 nitrogen and oxygen atoms in total. The van der Waals surface area contributed by atoms with Crippen molar-refractivity contribution in [3.8, 4) is 5.69 Å². The summed E-state index contributed by atoms with van der Waals surface area (Å²) in [6.45, 7) is 3.90. The van der Waals surface area contributed by atoms with E-state index < -0.39 is 5.97 Å². The van der Waals surface area contributed by atoms with Crippen molar-refractivity contribution in [2.75, 3.05) is 4.90 Å². The Bertz CT molecular complexity index is 1310. The van der Waals surface area contributed by atoms with Gasteiger partial charge in [-0.3, -0.25) is 9.69 Å². The van der Waals surface area contributed by atoms with Crippen LogP contribution < -0.4 is 4.90 Å². The lowest BCUT2D eigenvalue weighted by molar-refractivity contribution is -0.113. The number of carbonyl (C=O) groups excluding carboxylic acids is 1. The molecular weight excluding hydrogens is 487 g/mol. The smallest absolute Gasteiger partial charge is 0.335 e. The van der Waals surface area contributed by atoms with Gasteiger partial charge in [0.05, 0.1) is 21.2 Å². The minimum atomic E-state index is -0.971. The lowest BCUT2D eigenvalue weighted by Crippen LogP contribution is -2.27. The predicted molar refractivity (Wildman–Crippen MR) is 134 cm³/mol. The molecule has 3 aromatic rings. The molecule has 2 aromatic carbocycles. The zero-order valence-electron chi connectivity index (χ0n) is 16.9. The Labute approximate surface area is 204 Å². The van der Waals surface area contributed by atoms with Gasteiger partial charge in [-0.05, 0) is 74.0 Å². The third-order valence-electron chi connectivity index (χ3n) is 5.07. The van der Waals surface area contributed by atoms with E-state index in [1.165, 1.54) is 16.7 Å². The van der Waals surface area contributed by atoms with Crippen LogP contribution in [0, 0.1) is 13.8 Å². The molecular formula is C23H16Cl2N2O3S2. The molecule has 1 aliphatic rings. The zero-order valence-corrected chi connectivity index (χ0v) is 20.1. The molecule has 1 saturated heterocycles. The third-order valence-corrected chi connectivity index (χ3v) is 6.91. The molecule has 0 atom stereocenters. The van der Waals surface area contributed by atoms with Crippen molar-refractivity contribution in [1.29, 1.82) is 0 Å². The first-order chi connectivity index (χ1) is 15.2. The summed E-state index contributed by atoms with van der Waals surface area (Å²) >= 11 is 18.9. The zero-order chi connectivity index (χ0) is 23.2. The largest absolute Gasteiger partial charge is 0.478 e. The van der Waals surface area contributed by atoms with E-state index in [2.05, 4.69) is 0 Å². The van der Waals surface area contributed by atoms with Gasteiger partial charge in [-0.25, -0.2) is 4.79 Å². The highest BCUT2D eigenvalue weighted by atomic mass is 35.5. The van der Waals surface area contributed by atoms with E-state index in [-0.39, 0.29) is 11.5 Å². The van der Waals surface area contributed by atoms with E-state index in [1.807, 2.05) is 30.6 Å². The number of carboxylic acids is 1. The number of carbonyl (C=O) groups is 2. The second-order valence-electron chi connectivity index (χ2n) is 7.13. The fourth-order valence-corrected chi connectivity index (χ4v) is 5.33. The molecule has 0 spiro atoms. The van der Waals surface area contributed by atoms with Crippen LogP contribution >= 0.6 is 47.2 Å². The van der Waals surface area contributed by atoms with Gasteiger partial charge in [0.25, 0.3) is 5.91 Å². The number of thioether (sulfide) groups is 1. The molecule has 1 fully saturated rings. The van der Waals surface area contributed by atoms with Crippen LogP contribution in [0.1, 0.15) is 27.3 Å². The van der Waals surface area contributed by atoms with Crippen molar-refractivity contribution < 1.29 is 14.7 Å². The van der Waals surface area contributed by atoms with Gasteiger partial charge in [0, 0.05) is 22.1 Å². The molecule has 9 heteroatoms. The molecule has 0 bridgehead atoms. The fraction of sp³-hybridized carbons (Fsp3) is 0.0870. The van der Waals surface area contributed by atoms with Crippen LogP contribution in [0.2, 0.25) is 10.0 Å².